The van der Waals surface area contributed by atoms with Crippen LogP contribution in [0.5, 0.6) is 11.5 Å². The van der Waals surface area contributed by atoms with Gasteiger partial charge in [-0.15, -0.1) is 0 Å². The average molecular weight is 649 g/mol. The van der Waals surface area contributed by atoms with Gasteiger partial charge in [0.1, 0.15) is 23.2 Å². The topological polar surface area (TPSA) is 83.1 Å². The Hall–Kier alpha value is -4.68. The lowest BCUT2D eigenvalue weighted by Crippen LogP contribution is -2.44. The zero-order valence-electron chi connectivity index (χ0n) is 27.0. The van der Waals surface area contributed by atoms with Gasteiger partial charge in [-0.2, -0.15) is 4.98 Å². The molecule has 1 saturated heterocycles. The molecule has 0 spiro atoms. The van der Waals surface area contributed by atoms with E-state index in [0.717, 1.165) is 78.9 Å². The first-order chi connectivity index (χ1) is 22.5. The molecule has 0 saturated carbocycles. The van der Waals surface area contributed by atoms with Crippen LogP contribution in [0.3, 0.4) is 0 Å². The molecule has 1 aliphatic rings. The number of amides is 1. The van der Waals surface area contributed by atoms with Crippen LogP contribution >= 0.6 is 0 Å². The van der Waals surface area contributed by atoms with Crippen molar-refractivity contribution in [3.05, 3.63) is 100 Å². The summed E-state index contributed by atoms with van der Waals surface area (Å²) in [5.41, 5.74) is 3.06. The fourth-order valence-corrected chi connectivity index (χ4v) is 5.52. The third-order valence-electron chi connectivity index (χ3n) is 7.86. The Labute approximate surface area is 272 Å². The molecule has 0 aliphatic carbocycles. The summed E-state index contributed by atoms with van der Waals surface area (Å²) in [6.07, 6.45) is 1.39. The number of nitrogens with zero attached hydrogens (tertiary/aromatic N) is 5. The van der Waals surface area contributed by atoms with Crippen LogP contribution in [0, 0.1) is 38.2 Å². The number of carbonyl (C=O) groups excluding carboxylic acids is 1. The summed E-state index contributed by atoms with van der Waals surface area (Å²) in [5.74, 6) is -1.44. The lowest BCUT2D eigenvalue weighted by molar-refractivity contribution is 0.145. The van der Waals surface area contributed by atoms with Crippen LogP contribution in [0.15, 0.2) is 60.8 Å². The van der Waals surface area contributed by atoms with Crippen molar-refractivity contribution < 1.29 is 27.4 Å². The number of hydrogen-bond donors (Lipinski definition) is 1. The number of rotatable bonds is 11. The minimum absolute atomic E-state index is 0.0636. The van der Waals surface area contributed by atoms with Gasteiger partial charge in [-0.1, -0.05) is 17.7 Å². The summed E-state index contributed by atoms with van der Waals surface area (Å²) in [4.78, 5) is 28.1. The minimum atomic E-state index is -0.811. The Balaban J connectivity index is 1.29. The molecule has 0 atom stereocenters. The fraction of sp³-hybridized carbons (Fsp3) is 0.343. The van der Waals surface area contributed by atoms with Gasteiger partial charge >= 0.3 is 6.09 Å². The van der Waals surface area contributed by atoms with E-state index in [1.807, 2.05) is 32.9 Å². The van der Waals surface area contributed by atoms with E-state index < -0.39 is 23.5 Å². The molecule has 0 radical (unpaired) electrons. The molecule has 0 bridgehead atoms. The molecule has 1 aromatic heterocycles. The van der Waals surface area contributed by atoms with E-state index in [4.69, 9.17) is 9.47 Å². The molecule has 3 aromatic carbocycles. The van der Waals surface area contributed by atoms with Gasteiger partial charge in [0.05, 0.1) is 13.2 Å². The SMILES string of the molecule is Cc1cc(C)c(OC(=O)N(Cc2cc(F)cc(F)c2)c2ccnc(Nc3ccc(OCCCN4CCN(C)CC4)c(F)c3)n2)c(C)c1. The molecule has 1 amide bonds. The maximum absolute atomic E-state index is 14.9. The van der Waals surface area contributed by atoms with E-state index in [0.29, 0.717) is 18.0 Å². The molecule has 1 fully saturated rings. The van der Waals surface area contributed by atoms with Crippen LogP contribution in [0.1, 0.15) is 28.7 Å². The van der Waals surface area contributed by atoms with E-state index in [1.165, 1.54) is 24.4 Å². The Morgan fingerprint density at radius 1 is 0.936 bits per heavy atom. The maximum Gasteiger partial charge on any atom is 0.421 e. The Kier molecular flexibility index (Phi) is 10.9. The number of aryl methyl sites for hydroxylation is 3. The monoisotopic (exact) mass is 648 g/mol. The van der Waals surface area contributed by atoms with Gasteiger partial charge in [0, 0.05) is 56.7 Å². The normalized spacial score (nSPS) is 13.8. The molecule has 1 aliphatic heterocycles. The number of hydrogen-bond acceptors (Lipinski definition) is 8. The molecule has 12 heteroatoms. The van der Waals surface area contributed by atoms with Gasteiger partial charge in [-0.05, 0) is 81.3 Å². The van der Waals surface area contributed by atoms with Crippen molar-refractivity contribution >= 4 is 23.5 Å². The van der Waals surface area contributed by atoms with Crippen LogP contribution in [0.25, 0.3) is 0 Å². The van der Waals surface area contributed by atoms with Gasteiger partial charge in [0.25, 0.3) is 0 Å². The summed E-state index contributed by atoms with van der Waals surface area (Å²) in [5, 5.41) is 2.95. The molecule has 1 N–H and O–H groups in total. The first-order valence-electron chi connectivity index (χ1n) is 15.5. The lowest BCUT2D eigenvalue weighted by Gasteiger charge is -2.32. The van der Waals surface area contributed by atoms with E-state index >= 15 is 0 Å². The van der Waals surface area contributed by atoms with E-state index in [2.05, 4.69) is 32.1 Å². The standard InChI is InChI=1S/C35H39F3N6O3/c1-23-16-24(2)33(25(3)17-23)47-35(45)44(22-26-18-27(36)20-28(37)19-26)32-8-9-39-34(41-32)40-29-6-7-31(30(38)21-29)46-15-5-10-43-13-11-42(4)12-14-43/h6-9,16-21H,5,10-15,22H2,1-4H3,(H,39,40,41). The number of likely N-dealkylation sites (N-methyl/N-ethyl adjacent to an activating group) is 1. The molecular formula is C35H39F3N6O3. The molecule has 0 unspecified atom stereocenters. The third-order valence-corrected chi connectivity index (χ3v) is 7.86. The molecule has 47 heavy (non-hydrogen) atoms. The van der Waals surface area contributed by atoms with Gasteiger partial charge in [-0.3, -0.25) is 4.90 Å². The number of carbonyl (C=O) groups is 1. The predicted molar refractivity (Wildman–Crippen MR) is 175 cm³/mol. The summed E-state index contributed by atoms with van der Waals surface area (Å²) in [7, 11) is 2.11. The van der Waals surface area contributed by atoms with Gasteiger partial charge < -0.3 is 24.6 Å². The second-order valence-electron chi connectivity index (χ2n) is 11.8. The van der Waals surface area contributed by atoms with Gasteiger partial charge in [0.15, 0.2) is 11.6 Å². The van der Waals surface area contributed by atoms with E-state index in [9.17, 15) is 18.0 Å². The van der Waals surface area contributed by atoms with Crippen molar-refractivity contribution in [2.24, 2.45) is 0 Å². The highest BCUT2D eigenvalue weighted by Gasteiger charge is 2.23. The van der Waals surface area contributed by atoms with Crippen LogP contribution < -0.4 is 19.7 Å². The van der Waals surface area contributed by atoms with Crippen molar-refractivity contribution in [2.45, 2.75) is 33.7 Å². The number of piperazine rings is 1. The number of benzene rings is 3. The van der Waals surface area contributed by atoms with Crippen molar-refractivity contribution in [3.63, 3.8) is 0 Å². The smallest absolute Gasteiger partial charge is 0.421 e. The van der Waals surface area contributed by atoms with Gasteiger partial charge in [-0.25, -0.2) is 22.9 Å². The van der Waals surface area contributed by atoms with Gasteiger partial charge in [0.2, 0.25) is 5.95 Å². The molecular weight excluding hydrogens is 609 g/mol. The maximum atomic E-state index is 14.9. The average Bonchev–Trinajstić information content (AvgIpc) is 3.01. The van der Waals surface area contributed by atoms with Crippen molar-refractivity contribution in [2.75, 3.05) is 56.6 Å². The number of anilines is 3. The minimum Gasteiger partial charge on any atom is -0.490 e. The second-order valence-corrected chi connectivity index (χ2v) is 11.8. The Morgan fingerprint density at radius 3 is 2.32 bits per heavy atom. The number of ether oxygens (including phenoxy) is 2. The van der Waals surface area contributed by atoms with Crippen molar-refractivity contribution in [1.29, 1.82) is 0 Å². The summed E-state index contributed by atoms with van der Waals surface area (Å²) < 4.78 is 54.6. The number of halogens is 3. The largest absolute Gasteiger partial charge is 0.490 e. The fourth-order valence-electron chi connectivity index (χ4n) is 5.52. The van der Waals surface area contributed by atoms with Crippen molar-refractivity contribution in [3.8, 4) is 11.5 Å². The summed E-state index contributed by atoms with van der Waals surface area (Å²) in [6.45, 7) is 10.7. The van der Waals surface area contributed by atoms with Crippen molar-refractivity contribution in [1.82, 2.24) is 19.8 Å². The number of aromatic nitrogens is 2. The second kappa shape index (κ2) is 15.3. The lowest BCUT2D eigenvalue weighted by atomic mass is 10.1. The highest BCUT2D eigenvalue weighted by molar-refractivity contribution is 5.88. The Bertz CT molecular complexity index is 1670. The van der Waals surface area contributed by atoms with Crippen LogP contribution in [0.2, 0.25) is 0 Å². The molecule has 4 aromatic rings. The summed E-state index contributed by atoms with van der Waals surface area (Å²) >= 11 is 0. The zero-order chi connectivity index (χ0) is 33.5. The Morgan fingerprint density at radius 2 is 1.64 bits per heavy atom. The molecule has 248 valence electrons. The molecule has 2 heterocycles. The third kappa shape index (κ3) is 9.20. The van der Waals surface area contributed by atoms with E-state index in [1.54, 1.807) is 6.07 Å². The highest BCUT2D eigenvalue weighted by Crippen LogP contribution is 2.28. The predicted octanol–water partition coefficient (Wildman–Crippen LogP) is 6.78. The summed E-state index contributed by atoms with van der Waals surface area (Å²) in [6, 6.07) is 12.7. The van der Waals surface area contributed by atoms with Crippen LogP contribution in [-0.2, 0) is 6.54 Å². The van der Waals surface area contributed by atoms with Crippen LogP contribution in [0.4, 0.5) is 35.4 Å². The highest BCUT2D eigenvalue weighted by atomic mass is 19.1. The first kappa shape index (κ1) is 33.7. The zero-order valence-corrected chi connectivity index (χ0v) is 27.0. The quantitative estimate of drug-likeness (QED) is 0.178. The molecule has 5 rings (SSSR count). The van der Waals surface area contributed by atoms with E-state index in [-0.39, 0.29) is 29.6 Å². The van der Waals surface area contributed by atoms with Crippen LogP contribution in [-0.4, -0.2) is 72.2 Å². The number of nitrogens with one attached hydrogen (secondary N) is 1. The molecule has 9 nitrogen and oxygen atoms in total. The first-order valence-corrected chi connectivity index (χ1v) is 15.5.